The molecule has 0 aliphatic heterocycles. The van der Waals surface area contributed by atoms with E-state index in [4.69, 9.17) is 0 Å². The van der Waals surface area contributed by atoms with Crippen molar-refractivity contribution in [2.75, 3.05) is 6.61 Å². The normalized spacial score (nSPS) is 28.4. The van der Waals surface area contributed by atoms with Gasteiger partial charge in [-0.1, -0.05) is 56.5 Å². The second kappa shape index (κ2) is 5.09. The average molecular weight is 301 g/mol. The molecule has 0 bridgehead atoms. The maximum atomic E-state index is 13.1. The Balaban J connectivity index is 1.89. The monoisotopic (exact) mass is 301 g/mol. The zero-order chi connectivity index (χ0) is 16.0. The van der Waals surface area contributed by atoms with Crippen LogP contribution in [0, 0.1) is 12.3 Å². The summed E-state index contributed by atoms with van der Waals surface area (Å²) in [5.41, 5.74) is 1.45. The van der Waals surface area contributed by atoms with E-state index in [0.717, 1.165) is 37.7 Å². The van der Waals surface area contributed by atoms with E-state index in [-0.39, 0.29) is 17.9 Å². The summed E-state index contributed by atoms with van der Waals surface area (Å²) in [6, 6.07) is 8.33. The van der Waals surface area contributed by atoms with Gasteiger partial charge in [0.1, 0.15) is 0 Å². The zero-order valence-electron chi connectivity index (χ0n) is 13.9. The fourth-order valence-electron chi connectivity index (χ4n) is 4.19. The molecule has 2 aliphatic carbocycles. The molecule has 120 valence electrons. The summed E-state index contributed by atoms with van der Waals surface area (Å²) in [5, 5.41) is 13.0. The molecule has 1 amide bonds. The van der Waals surface area contributed by atoms with Crippen LogP contribution in [-0.4, -0.2) is 23.2 Å². The Morgan fingerprint density at radius 2 is 1.73 bits per heavy atom. The number of aryl methyl sites for hydroxylation is 1. The Morgan fingerprint density at radius 3 is 2.18 bits per heavy atom. The van der Waals surface area contributed by atoms with Crippen LogP contribution in [0.2, 0.25) is 0 Å². The molecular weight excluding hydrogens is 274 g/mol. The summed E-state index contributed by atoms with van der Waals surface area (Å²) in [6.07, 6.45) is 4.82. The van der Waals surface area contributed by atoms with Crippen LogP contribution in [0.5, 0.6) is 0 Å². The first kappa shape index (κ1) is 15.5. The van der Waals surface area contributed by atoms with Crippen LogP contribution in [0.4, 0.5) is 0 Å². The number of amides is 1. The van der Waals surface area contributed by atoms with Gasteiger partial charge in [0.15, 0.2) is 0 Å². The maximum absolute atomic E-state index is 13.1. The molecule has 0 aromatic heterocycles. The predicted octanol–water partition coefficient (Wildman–Crippen LogP) is 3.08. The van der Waals surface area contributed by atoms with E-state index in [1.807, 2.05) is 0 Å². The molecule has 3 heteroatoms. The largest absolute Gasteiger partial charge is 0.394 e. The first-order valence-corrected chi connectivity index (χ1v) is 8.36. The fraction of sp³-hybridized carbons (Fsp3) is 0.632. The Kier molecular flexibility index (Phi) is 3.59. The molecule has 0 heterocycles. The lowest BCUT2D eigenvalue weighted by Crippen LogP contribution is -2.53. The van der Waals surface area contributed by atoms with Gasteiger partial charge in [-0.15, -0.1) is 0 Å². The van der Waals surface area contributed by atoms with Crippen LogP contribution in [0.25, 0.3) is 0 Å². The van der Waals surface area contributed by atoms with Crippen molar-refractivity contribution < 1.29 is 9.90 Å². The van der Waals surface area contributed by atoms with Crippen molar-refractivity contribution in [3.05, 3.63) is 35.4 Å². The van der Waals surface area contributed by atoms with E-state index in [1.165, 1.54) is 5.56 Å². The number of carbonyl (C=O) groups is 1. The second-order valence-electron chi connectivity index (χ2n) is 7.93. The summed E-state index contributed by atoms with van der Waals surface area (Å²) in [5.74, 6) is 0.0947. The highest BCUT2D eigenvalue weighted by Crippen LogP contribution is 2.64. The van der Waals surface area contributed by atoms with Crippen molar-refractivity contribution in [3.63, 3.8) is 0 Å². The molecule has 2 saturated carbocycles. The number of nitrogens with one attached hydrogen (secondary N) is 1. The summed E-state index contributed by atoms with van der Waals surface area (Å²) in [6.45, 7) is 6.43. The number of carbonyl (C=O) groups excluding carboxylic acids is 1. The van der Waals surface area contributed by atoms with Gasteiger partial charge < -0.3 is 10.4 Å². The SMILES string of the molecule is Cc1ccc([C@@]2(C(=O)NC3(CO)CCCC3)CC2(C)C)cc1. The van der Waals surface area contributed by atoms with Crippen LogP contribution in [0.15, 0.2) is 24.3 Å². The van der Waals surface area contributed by atoms with E-state index in [2.05, 4.69) is 50.4 Å². The van der Waals surface area contributed by atoms with Gasteiger partial charge >= 0.3 is 0 Å². The minimum absolute atomic E-state index is 0.0262. The van der Waals surface area contributed by atoms with E-state index < -0.39 is 11.0 Å². The molecule has 3 nitrogen and oxygen atoms in total. The molecule has 0 unspecified atom stereocenters. The lowest BCUT2D eigenvalue weighted by molar-refractivity contribution is -0.127. The number of hydrogen-bond donors (Lipinski definition) is 2. The third-order valence-corrected chi connectivity index (χ3v) is 5.91. The third-order valence-electron chi connectivity index (χ3n) is 5.91. The summed E-state index contributed by atoms with van der Waals surface area (Å²) in [7, 11) is 0. The van der Waals surface area contributed by atoms with E-state index >= 15 is 0 Å². The Hall–Kier alpha value is -1.35. The summed E-state index contributed by atoms with van der Waals surface area (Å²) in [4.78, 5) is 13.1. The quantitative estimate of drug-likeness (QED) is 0.898. The number of aliphatic hydroxyl groups is 1. The van der Waals surface area contributed by atoms with E-state index in [0.29, 0.717) is 0 Å². The summed E-state index contributed by atoms with van der Waals surface area (Å²) >= 11 is 0. The molecule has 1 aromatic carbocycles. The van der Waals surface area contributed by atoms with Crippen LogP contribution in [0.3, 0.4) is 0 Å². The Labute approximate surface area is 133 Å². The number of aliphatic hydroxyl groups excluding tert-OH is 1. The topological polar surface area (TPSA) is 49.3 Å². The zero-order valence-corrected chi connectivity index (χ0v) is 13.9. The van der Waals surface area contributed by atoms with Crippen molar-refractivity contribution in [3.8, 4) is 0 Å². The van der Waals surface area contributed by atoms with Crippen LogP contribution >= 0.6 is 0 Å². The lowest BCUT2D eigenvalue weighted by atomic mass is 9.85. The molecular formula is C19H27NO2. The summed E-state index contributed by atoms with van der Waals surface area (Å²) < 4.78 is 0. The van der Waals surface area contributed by atoms with Crippen LogP contribution < -0.4 is 5.32 Å². The van der Waals surface area contributed by atoms with Crippen molar-refractivity contribution in [2.24, 2.45) is 5.41 Å². The van der Waals surface area contributed by atoms with Crippen molar-refractivity contribution >= 4 is 5.91 Å². The van der Waals surface area contributed by atoms with Gasteiger partial charge in [0.2, 0.25) is 5.91 Å². The standard InChI is InChI=1S/C19H27NO2/c1-14-6-8-15(9-7-14)19(12-17(19,2)3)16(22)20-18(13-21)10-4-5-11-18/h6-9,21H,4-5,10-13H2,1-3H3,(H,20,22)/t19-/m1/s1. The Morgan fingerprint density at radius 1 is 1.18 bits per heavy atom. The minimum Gasteiger partial charge on any atom is -0.394 e. The smallest absolute Gasteiger partial charge is 0.231 e. The number of hydrogen-bond acceptors (Lipinski definition) is 2. The first-order valence-electron chi connectivity index (χ1n) is 8.36. The molecule has 2 aliphatic rings. The molecule has 0 spiro atoms. The predicted molar refractivity (Wildman–Crippen MR) is 87.7 cm³/mol. The van der Waals surface area contributed by atoms with Gasteiger partial charge in [0.05, 0.1) is 17.6 Å². The fourth-order valence-corrected chi connectivity index (χ4v) is 4.19. The van der Waals surface area contributed by atoms with Crippen molar-refractivity contribution in [2.45, 2.75) is 63.8 Å². The van der Waals surface area contributed by atoms with Gasteiger partial charge in [-0.3, -0.25) is 4.79 Å². The molecule has 2 N–H and O–H groups in total. The van der Waals surface area contributed by atoms with Crippen molar-refractivity contribution in [1.29, 1.82) is 0 Å². The number of rotatable bonds is 4. The molecule has 2 fully saturated rings. The number of benzene rings is 1. The van der Waals surface area contributed by atoms with Crippen LogP contribution in [0.1, 0.15) is 57.1 Å². The highest BCUT2D eigenvalue weighted by atomic mass is 16.3. The second-order valence-corrected chi connectivity index (χ2v) is 7.93. The van der Waals surface area contributed by atoms with Gasteiger partial charge in [0.25, 0.3) is 0 Å². The Bertz CT molecular complexity index is 570. The average Bonchev–Trinajstić information content (AvgIpc) is 2.84. The van der Waals surface area contributed by atoms with Gasteiger partial charge in [-0.2, -0.15) is 0 Å². The van der Waals surface area contributed by atoms with Crippen LogP contribution in [-0.2, 0) is 10.2 Å². The molecule has 22 heavy (non-hydrogen) atoms. The van der Waals surface area contributed by atoms with Gasteiger partial charge in [-0.05, 0) is 37.2 Å². The van der Waals surface area contributed by atoms with Gasteiger partial charge in [0, 0.05) is 0 Å². The molecule has 0 saturated heterocycles. The van der Waals surface area contributed by atoms with Gasteiger partial charge in [-0.25, -0.2) is 0 Å². The first-order chi connectivity index (χ1) is 10.4. The molecule has 1 atom stereocenters. The minimum atomic E-state index is -0.439. The molecule has 1 aromatic rings. The molecule has 3 rings (SSSR count). The lowest BCUT2D eigenvalue weighted by Gasteiger charge is -2.32. The highest BCUT2D eigenvalue weighted by Gasteiger charge is 2.67. The van der Waals surface area contributed by atoms with Crippen molar-refractivity contribution in [1.82, 2.24) is 5.32 Å². The highest BCUT2D eigenvalue weighted by molar-refractivity contribution is 5.93. The third kappa shape index (κ3) is 2.26. The molecule has 0 radical (unpaired) electrons. The van der Waals surface area contributed by atoms with E-state index in [1.54, 1.807) is 0 Å². The maximum Gasteiger partial charge on any atom is 0.231 e. The van der Waals surface area contributed by atoms with E-state index in [9.17, 15) is 9.90 Å².